The molecule has 0 aromatic heterocycles. The van der Waals surface area contributed by atoms with E-state index in [9.17, 15) is 4.79 Å². The van der Waals surface area contributed by atoms with Crippen LogP contribution in [0.2, 0.25) is 0 Å². The minimum Gasteiger partial charge on any atom is -0.457 e. The van der Waals surface area contributed by atoms with E-state index in [2.05, 4.69) is 17.6 Å². The van der Waals surface area contributed by atoms with Crippen LogP contribution in [0.25, 0.3) is 0 Å². The zero-order valence-electron chi connectivity index (χ0n) is 14.5. The average molecular weight is 339 g/mol. The summed E-state index contributed by atoms with van der Waals surface area (Å²) in [6.07, 6.45) is 3.52. The van der Waals surface area contributed by atoms with Gasteiger partial charge in [-0.2, -0.15) is 0 Å². The van der Waals surface area contributed by atoms with Crippen LogP contribution in [0.3, 0.4) is 0 Å². The van der Waals surface area contributed by atoms with E-state index in [0.717, 1.165) is 13.0 Å². The summed E-state index contributed by atoms with van der Waals surface area (Å²) in [4.78, 5) is 12.5. The fraction of sp³-hybridized carbons (Fsp3) is 0.350. The summed E-state index contributed by atoms with van der Waals surface area (Å²) < 4.78 is 5.80. The van der Waals surface area contributed by atoms with E-state index in [1.807, 2.05) is 12.1 Å². The zero-order valence-corrected chi connectivity index (χ0v) is 14.5. The van der Waals surface area contributed by atoms with Gasteiger partial charge in [-0.3, -0.25) is 4.79 Å². The average Bonchev–Trinajstić information content (AvgIpc) is 2.64. The summed E-state index contributed by atoms with van der Waals surface area (Å²) >= 11 is 0. The molecule has 1 aliphatic rings. The second-order valence-electron chi connectivity index (χ2n) is 6.52. The van der Waals surface area contributed by atoms with Gasteiger partial charge in [0, 0.05) is 23.3 Å². The van der Waals surface area contributed by atoms with Gasteiger partial charge in [0.15, 0.2) is 0 Å². The maximum Gasteiger partial charge on any atom is 0.251 e. The van der Waals surface area contributed by atoms with Crippen molar-refractivity contribution in [3.63, 3.8) is 0 Å². The predicted molar refractivity (Wildman–Crippen MR) is 99.9 cm³/mol. The molecule has 2 aromatic carbocycles. The minimum atomic E-state index is -0.0809. The van der Waals surface area contributed by atoms with Gasteiger partial charge in [-0.05, 0) is 68.8 Å². The third kappa shape index (κ3) is 4.73. The highest BCUT2D eigenvalue weighted by Gasteiger charge is 2.21. The van der Waals surface area contributed by atoms with Crippen molar-refractivity contribution in [2.24, 2.45) is 0 Å². The molecule has 1 amide bonds. The van der Waals surface area contributed by atoms with E-state index in [1.165, 1.54) is 12.8 Å². The highest BCUT2D eigenvalue weighted by Crippen LogP contribution is 2.23. The highest BCUT2D eigenvalue weighted by atomic mass is 16.5. The first-order valence-electron chi connectivity index (χ1n) is 8.79. The molecule has 0 radical (unpaired) electrons. The lowest BCUT2D eigenvalue weighted by atomic mass is 9.99. The molecule has 4 N–H and O–H groups in total. The van der Waals surface area contributed by atoms with Crippen LogP contribution in [0.5, 0.6) is 11.5 Å². The van der Waals surface area contributed by atoms with E-state index in [-0.39, 0.29) is 11.9 Å². The van der Waals surface area contributed by atoms with Crippen molar-refractivity contribution in [3.05, 3.63) is 54.1 Å². The summed E-state index contributed by atoms with van der Waals surface area (Å²) in [7, 11) is 0. The molecule has 1 fully saturated rings. The number of carbonyl (C=O) groups excluding carboxylic acids is 1. The zero-order chi connectivity index (χ0) is 17.6. The second-order valence-corrected chi connectivity index (χ2v) is 6.52. The maximum absolute atomic E-state index is 12.5. The third-order valence-corrected chi connectivity index (χ3v) is 4.52. The molecule has 0 bridgehead atoms. The number of hydrogen-bond acceptors (Lipinski definition) is 4. The number of piperidine rings is 1. The number of hydrogen-bond donors (Lipinski definition) is 3. The van der Waals surface area contributed by atoms with E-state index < -0.39 is 0 Å². The Hall–Kier alpha value is -2.53. The second kappa shape index (κ2) is 8.03. The summed E-state index contributed by atoms with van der Waals surface area (Å²) in [6, 6.07) is 14.8. The number of carbonyl (C=O) groups is 1. The number of nitrogens with one attached hydrogen (secondary N) is 2. The fourth-order valence-corrected chi connectivity index (χ4v) is 3.07. The van der Waals surface area contributed by atoms with Crippen molar-refractivity contribution in [2.75, 3.05) is 12.3 Å². The number of ether oxygens (including phenoxy) is 1. The van der Waals surface area contributed by atoms with Gasteiger partial charge in [0.05, 0.1) is 0 Å². The summed E-state index contributed by atoms with van der Waals surface area (Å²) in [6.45, 7) is 3.07. The molecule has 1 heterocycles. The van der Waals surface area contributed by atoms with E-state index in [1.54, 1.807) is 36.4 Å². The molecular weight excluding hydrogens is 314 g/mol. The molecule has 3 rings (SSSR count). The smallest absolute Gasteiger partial charge is 0.251 e. The number of rotatable bonds is 5. The molecule has 5 nitrogen and oxygen atoms in total. The molecule has 25 heavy (non-hydrogen) atoms. The lowest BCUT2D eigenvalue weighted by molar-refractivity contribution is 0.0927. The number of amides is 1. The van der Waals surface area contributed by atoms with Crippen LogP contribution in [-0.2, 0) is 0 Å². The Morgan fingerprint density at radius 1 is 1.20 bits per heavy atom. The van der Waals surface area contributed by atoms with Crippen molar-refractivity contribution in [2.45, 2.75) is 38.3 Å². The predicted octanol–water partition coefficient (Wildman–Crippen LogP) is 3.32. The minimum absolute atomic E-state index is 0.0809. The largest absolute Gasteiger partial charge is 0.457 e. The lowest BCUT2D eigenvalue weighted by Gasteiger charge is -2.29. The van der Waals surface area contributed by atoms with Crippen LogP contribution >= 0.6 is 0 Å². The van der Waals surface area contributed by atoms with Crippen LogP contribution in [-0.4, -0.2) is 24.5 Å². The Balaban J connectivity index is 1.63. The fourth-order valence-electron chi connectivity index (χ4n) is 3.07. The first-order chi connectivity index (χ1) is 12.1. The van der Waals surface area contributed by atoms with Crippen molar-refractivity contribution in [1.29, 1.82) is 0 Å². The summed E-state index contributed by atoms with van der Waals surface area (Å²) in [5.74, 6) is 1.23. The normalized spacial score (nSPS) is 18.4. The SMILES string of the molecule is CC(NC(=O)c1cccc(Oc2ccc(N)cc2)c1)C1CCCCN1. The highest BCUT2D eigenvalue weighted by molar-refractivity contribution is 5.94. The third-order valence-electron chi connectivity index (χ3n) is 4.52. The van der Waals surface area contributed by atoms with Gasteiger partial charge in [0.2, 0.25) is 0 Å². The van der Waals surface area contributed by atoms with Gasteiger partial charge < -0.3 is 21.1 Å². The van der Waals surface area contributed by atoms with Crippen LogP contribution in [0.4, 0.5) is 5.69 Å². The molecule has 132 valence electrons. The molecule has 5 heteroatoms. The van der Waals surface area contributed by atoms with Gasteiger partial charge in [-0.1, -0.05) is 12.5 Å². The van der Waals surface area contributed by atoms with Crippen LogP contribution in [0.15, 0.2) is 48.5 Å². The van der Waals surface area contributed by atoms with Crippen LogP contribution in [0, 0.1) is 0 Å². The number of nitrogens with two attached hydrogens (primary N) is 1. The molecule has 2 aromatic rings. The van der Waals surface area contributed by atoms with Gasteiger partial charge >= 0.3 is 0 Å². The van der Waals surface area contributed by atoms with Crippen LogP contribution in [0.1, 0.15) is 36.5 Å². The molecule has 0 spiro atoms. The number of anilines is 1. The molecule has 1 saturated heterocycles. The Bertz CT molecular complexity index is 709. The Morgan fingerprint density at radius 2 is 2.00 bits per heavy atom. The van der Waals surface area contributed by atoms with Gasteiger partial charge in [0.1, 0.15) is 11.5 Å². The first-order valence-corrected chi connectivity index (χ1v) is 8.79. The number of benzene rings is 2. The van der Waals surface area contributed by atoms with Gasteiger partial charge in [0.25, 0.3) is 5.91 Å². The Morgan fingerprint density at radius 3 is 2.72 bits per heavy atom. The Kier molecular flexibility index (Phi) is 5.56. The first kappa shape index (κ1) is 17.3. The number of nitrogen functional groups attached to an aromatic ring is 1. The van der Waals surface area contributed by atoms with Gasteiger partial charge in [-0.15, -0.1) is 0 Å². The molecule has 1 aliphatic heterocycles. The van der Waals surface area contributed by atoms with E-state index >= 15 is 0 Å². The summed E-state index contributed by atoms with van der Waals surface area (Å²) in [5.41, 5.74) is 6.96. The van der Waals surface area contributed by atoms with Crippen molar-refractivity contribution >= 4 is 11.6 Å². The molecular formula is C20H25N3O2. The Labute approximate surface area is 148 Å². The van der Waals surface area contributed by atoms with Gasteiger partial charge in [-0.25, -0.2) is 0 Å². The molecule has 2 unspecified atom stereocenters. The molecule has 0 saturated carbocycles. The van der Waals surface area contributed by atoms with Crippen molar-refractivity contribution < 1.29 is 9.53 Å². The van der Waals surface area contributed by atoms with Crippen molar-refractivity contribution in [1.82, 2.24) is 10.6 Å². The molecule has 2 atom stereocenters. The summed E-state index contributed by atoms with van der Waals surface area (Å²) in [5, 5.41) is 6.57. The lowest BCUT2D eigenvalue weighted by Crippen LogP contribution is -2.50. The van der Waals surface area contributed by atoms with E-state index in [4.69, 9.17) is 10.5 Å². The van der Waals surface area contributed by atoms with Crippen LogP contribution < -0.4 is 21.1 Å². The standard InChI is InChI=1S/C20H25N3O2/c1-14(19-7-2-3-12-22-19)23-20(24)15-5-4-6-18(13-15)25-17-10-8-16(21)9-11-17/h4-6,8-11,13-14,19,22H,2-3,7,12,21H2,1H3,(H,23,24). The quantitative estimate of drug-likeness (QED) is 0.730. The monoisotopic (exact) mass is 339 g/mol. The topological polar surface area (TPSA) is 76.4 Å². The maximum atomic E-state index is 12.5. The van der Waals surface area contributed by atoms with E-state index in [0.29, 0.717) is 28.8 Å². The molecule has 0 aliphatic carbocycles. The van der Waals surface area contributed by atoms with Crippen molar-refractivity contribution in [3.8, 4) is 11.5 Å².